The van der Waals surface area contributed by atoms with E-state index in [1.54, 1.807) is 13.1 Å². The molecule has 70 valence electrons. The van der Waals surface area contributed by atoms with Crippen LogP contribution in [0, 0.1) is 0 Å². The van der Waals surface area contributed by atoms with Crippen LogP contribution in [-0.4, -0.2) is 22.0 Å². The van der Waals surface area contributed by atoms with Gasteiger partial charge in [0, 0.05) is 24.7 Å². The minimum absolute atomic E-state index is 0.142. The van der Waals surface area contributed by atoms with Crippen molar-refractivity contribution in [3.8, 4) is 0 Å². The average molecular weight is 179 g/mol. The number of aliphatic hydroxyl groups is 1. The Labute approximate surface area is 77.4 Å². The lowest BCUT2D eigenvalue weighted by molar-refractivity contribution is -0.111. The average Bonchev–Trinajstić information content (AvgIpc) is 2.04. The molecule has 0 saturated heterocycles. The number of hydrogen-bond acceptors (Lipinski definition) is 3. The second kappa shape index (κ2) is 4.14. The molecule has 1 heterocycles. The molecule has 1 N–H and O–H groups in total. The Bertz CT molecular complexity index is 270. The van der Waals surface area contributed by atoms with Gasteiger partial charge in [-0.25, -0.2) is 0 Å². The molecule has 0 spiro atoms. The molecule has 0 aliphatic carbocycles. The lowest BCUT2D eigenvalue weighted by Gasteiger charge is -2.19. The molecular weight excluding hydrogens is 166 g/mol. The molecule has 0 aromatic carbocycles. The van der Waals surface area contributed by atoms with Gasteiger partial charge in [0.05, 0.1) is 5.60 Å². The van der Waals surface area contributed by atoms with Crippen LogP contribution in [0.1, 0.15) is 19.0 Å². The molecule has 0 saturated carbocycles. The zero-order chi connectivity index (χ0) is 9.73. The van der Waals surface area contributed by atoms with Gasteiger partial charge in [-0.2, -0.15) is 0 Å². The summed E-state index contributed by atoms with van der Waals surface area (Å²) in [6.45, 7) is 1.64. The summed E-state index contributed by atoms with van der Waals surface area (Å²) in [7, 11) is 0. The van der Waals surface area contributed by atoms with E-state index in [1.165, 1.54) is 0 Å². The standard InChI is InChI=1S/C10H13NO2/c1-10(13,5-7-12)8-9-4-2-3-6-11-9/h2-4,6-7,13H,5,8H2,1H3. The lowest BCUT2D eigenvalue weighted by atomic mass is 9.97. The summed E-state index contributed by atoms with van der Waals surface area (Å²) in [5.41, 5.74) is -0.176. The van der Waals surface area contributed by atoms with Crippen molar-refractivity contribution in [3.63, 3.8) is 0 Å². The number of hydrogen-bond donors (Lipinski definition) is 1. The Morgan fingerprint density at radius 2 is 2.38 bits per heavy atom. The fourth-order valence-electron chi connectivity index (χ4n) is 1.14. The summed E-state index contributed by atoms with van der Waals surface area (Å²) < 4.78 is 0. The first kappa shape index (κ1) is 9.86. The van der Waals surface area contributed by atoms with Crippen LogP contribution < -0.4 is 0 Å². The van der Waals surface area contributed by atoms with Gasteiger partial charge in [0.1, 0.15) is 6.29 Å². The summed E-state index contributed by atoms with van der Waals surface area (Å²) in [6.07, 6.45) is 2.95. The molecule has 0 aliphatic heterocycles. The van der Waals surface area contributed by atoms with E-state index in [2.05, 4.69) is 4.98 Å². The van der Waals surface area contributed by atoms with Crippen LogP contribution in [-0.2, 0) is 11.2 Å². The molecule has 1 rings (SSSR count). The Kier molecular flexibility index (Phi) is 3.14. The van der Waals surface area contributed by atoms with Crippen molar-refractivity contribution in [1.29, 1.82) is 0 Å². The molecule has 1 aromatic heterocycles. The van der Waals surface area contributed by atoms with Crippen LogP contribution >= 0.6 is 0 Å². The maximum absolute atomic E-state index is 10.2. The highest BCUT2D eigenvalue weighted by molar-refractivity contribution is 5.51. The van der Waals surface area contributed by atoms with Gasteiger partial charge in [0.15, 0.2) is 0 Å². The van der Waals surface area contributed by atoms with Crippen LogP contribution in [0.15, 0.2) is 24.4 Å². The van der Waals surface area contributed by atoms with E-state index in [0.717, 1.165) is 12.0 Å². The molecule has 0 bridgehead atoms. The van der Waals surface area contributed by atoms with Crippen molar-refractivity contribution in [3.05, 3.63) is 30.1 Å². The van der Waals surface area contributed by atoms with Crippen molar-refractivity contribution < 1.29 is 9.90 Å². The molecule has 0 radical (unpaired) electrons. The van der Waals surface area contributed by atoms with Crippen LogP contribution in [0.4, 0.5) is 0 Å². The molecular formula is C10H13NO2. The topological polar surface area (TPSA) is 50.2 Å². The van der Waals surface area contributed by atoms with Gasteiger partial charge in [0.25, 0.3) is 0 Å². The largest absolute Gasteiger partial charge is 0.389 e. The minimum Gasteiger partial charge on any atom is -0.389 e. The maximum Gasteiger partial charge on any atom is 0.122 e. The van der Waals surface area contributed by atoms with E-state index in [0.29, 0.717) is 6.42 Å². The van der Waals surface area contributed by atoms with E-state index < -0.39 is 5.60 Å². The highest BCUT2D eigenvalue weighted by atomic mass is 16.3. The molecule has 1 aromatic rings. The predicted octanol–water partition coefficient (Wildman–Crippen LogP) is 0.964. The van der Waals surface area contributed by atoms with Crippen LogP contribution in [0.3, 0.4) is 0 Å². The molecule has 1 unspecified atom stereocenters. The van der Waals surface area contributed by atoms with E-state index in [9.17, 15) is 9.90 Å². The van der Waals surface area contributed by atoms with Crippen molar-refractivity contribution in [2.75, 3.05) is 0 Å². The molecule has 13 heavy (non-hydrogen) atoms. The molecule has 1 atom stereocenters. The zero-order valence-electron chi connectivity index (χ0n) is 7.60. The summed E-state index contributed by atoms with van der Waals surface area (Å²) in [6, 6.07) is 5.51. The zero-order valence-corrected chi connectivity index (χ0v) is 7.60. The Balaban J connectivity index is 2.63. The lowest BCUT2D eigenvalue weighted by Crippen LogP contribution is -2.27. The normalized spacial score (nSPS) is 14.9. The number of aromatic nitrogens is 1. The molecule has 3 nitrogen and oxygen atoms in total. The number of carbonyl (C=O) groups excluding carboxylic acids is 1. The van der Waals surface area contributed by atoms with E-state index in [-0.39, 0.29) is 6.42 Å². The van der Waals surface area contributed by atoms with E-state index in [4.69, 9.17) is 0 Å². The van der Waals surface area contributed by atoms with Gasteiger partial charge in [-0.3, -0.25) is 4.98 Å². The number of aldehydes is 1. The van der Waals surface area contributed by atoms with Crippen molar-refractivity contribution in [2.45, 2.75) is 25.4 Å². The third-order valence-corrected chi connectivity index (χ3v) is 1.81. The summed E-state index contributed by atoms with van der Waals surface area (Å²) in [5, 5.41) is 9.70. The van der Waals surface area contributed by atoms with E-state index in [1.807, 2.05) is 18.2 Å². The Hall–Kier alpha value is -1.22. The molecule has 3 heteroatoms. The van der Waals surface area contributed by atoms with Gasteiger partial charge < -0.3 is 9.90 Å². The third-order valence-electron chi connectivity index (χ3n) is 1.81. The smallest absolute Gasteiger partial charge is 0.122 e. The van der Waals surface area contributed by atoms with Crippen LogP contribution in [0.25, 0.3) is 0 Å². The first-order valence-corrected chi connectivity index (χ1v) is 4.20. The van der Waals surface area contributed by atoms with Gasteiger partial charge in [-0.05, 0) is 19.1 Å². The summed E-state index contributed by atoms with van der Waals surface area (Å²) in [5.74, 6) is 0. The second-order valence-electron chi connectivity index (χ2n) is 3.37. The van der Waals surface area contributed by atoms with Gasteiger partial charge >= 0.3 is 0 Å². The van der Waals surface area contributed by atoms with Crippen LogP contribution in [0.2, 0.25) is 0 Å². The molecule has 0 amide bonds. The first-order valence-electron chi connectivity index (χ1n) is 4.20. The quantitative estimate of drug-likeness (QED) is 0.700. The van der Waals surface area contributed by atoms with Crippen LogP contribution in [0.5, 0.6) is 0 Å². The molecule has 0 aliphatic rings. The van der Waals surface area contributed by atoms with Crippen molar-refractivity contribution in [1.82, 2.24) is 4.98 Å². The fourth-order valence-corrected chi connectivity index (χ4v) is 1.14. The Morgan fingerprint density at radius 1 is 1.62 bits per heavy atom. The van der Waals surface area contributed by atoms with Gasteiger partial charge in [-0.15, -0.1) is 0 Å². The van der Waals surface area contributed by atoms with E-state index >= 15 is 0 Å². The minimum atomic E-state index is -0.976. The van der Waals surface area contributed by atoms with Crippen molar-refractivity contribution in [2.24, 2.45) is 0 Å². The maximum atomic E-state index is 10.2. The van der Waals surface area contributed by atoms with Gasteiger partial charge in [-0.1, -0.05) is 6.07 Å². The molecule has 0 fully saturated rings. The summed E-state index contributed by atoms with van der Waals surface area (Å²) in [4.78, 5) is 14.3. The highest BCUT2D eigenvalue weighted by Gasteiger charge is 2.20. The third kappa shape index (κ3) is 3.34. The second-order valence-corrected chi connectivity index (χ2v) is 3.37. The van der Waals surface area contributed by atoms with Crippen molar-refractivity contribution >= 4 is 6.29 Å². The fraction of sp³-hybridized carbons (Fsp3) is 0.400. The monoisotopic (exact) mass is 179 g/mol. The number of nitrogens with zero attached hydrogens (tertiary/aromatic N) is 1. The highest BCUT2D eigenvalue weighted by Crippen LogP contribution is 2.13. The predicted molar refractivity (Wildman–Crippen MR) is 49.2 cm³/mol. The number of rotatable bonds is 4. The number of carbonyl (C=O) groups is 1. The van der Waals surface area contributed by atoms with Gasteiger partial charge in [0.2, 0.25) is 0 Å². The SMILES string of the molecule is CC(O)(CC=O)Cc1ccccn1. The first-order chi connectivity index (χ1) is 6.14. The number of pyridine rings is 1. The summed E-state index contributed by atoms with van der Waals surface area (Å²) >= 11 is 0. The Morgan fingerprint density at radius 3 is 2.92 bits per heavy atom.